The Hall–Kier alpha value is -1.15. The lowest BCUT2D eigenvalue weighted by atomic mass is 9.80. The quantitative estimate of drug-likeness (QED) is 0.874. The molecule has 1 aliphatic heterocycles. The Labute approximate surface area is 146 Å². The largest absolute Gasteiger partial charge is 0.369 e. The average Bonchev–Trinajstić information content (AvgIpc) is 2.52. The van der Waals surface area contributed by atoms with Crippen LogP contribution in [0.25, 0.3) is 0 Å². The van der Waals surface area contributed by atoms with Gasteiger partial charge in [-0.2, -0.15) is 0 Å². The molecule has 6 nitrogen and oxygen atoms in total. The minimum absolute atomic E-state index is 0.0763. The summed E-state index contributed by atoms with van der Waals surface area (Å²) >= 11 is 5.89. The van der Waals surface area contributed by atoms with Crippen LogP contribution in [-0.2, 0) is 24.3 Å². The van der Waals surface area contributed by atoms with Crippen molar-refractivity contribution >= 4 is 27.5 Å². The van der Waals surface area contributed by atoms with Crippen LogP contribution in [0.2, 0.25) is 5.02 Å². The molecule has 0 radical (unpaired) electrons. The Balaban J connectivity index is 1.62. The van der Waals surface area contributed by atoms with Crippen LogP contribution < -0.4 is 4.72 Å². The zero-order valence-corrected chi connectivity index (χ0v) is 14.9. The van der Waals surface area contributed by atoms with Gasteiger partial charge in [-0.05, 0) is 43.9 Å². The molecule has 1 aromatic carbocycles. The average molecular weight is 374 g/mol. The zero-order valence-electron chi connectivity index (χ0n) is 13.3. The van der Waals surface area contributed by atoms with Gasteiger partial charge in [-0.25, -0.2) is 8.42 Å². The van der Waals surface area contributed by atoms with Gasteiger partial charge in [0.2, 0.25) is 10.0 Å². The van der Waals surface area contributed by atoms with E-state index in [1.165, 1.54) is 6.92 Å². The fourth-order valence-corrected chi connectivity index (χ4v) is 4.13. The first kappa shape index (κ1) is 17.7. The highest BCUT2D eigenvalue weighted by atomic mass is 35.5. The maximum atomic E-state index is 12.4. The Morgan fingerprint density at radius 3 is 2.71 bits per heavy atom. The van der Waals surface area contributed by atoms with E-state index in [4.69, 9.17) is 21.1 Å². The number of hydrogen-bond donors (Lipinski definition) is 1. The Morgan fingerprint density at radius 1 is 1.42 bits per heavy atom. The van der Waals surface area contributed by atoms with Crippen molar-refractivity contribution in [2.75, 3.05) is 13.2 Å². The fraction of sp³-hybridized carbons (Fsp3) is 0.562. The van der Waals surface area contributed by atoms with Crippen LogP contribution in [0.5, 0.6) is 0 Å². The lowest BCUT2D eigenvalue weighted by molar-refractivity contribution is -0.218. The van der Waals surface area contributed by atoms with Gasteiger partial charge in [0.25, 0.3) is 5.91 Å². The van der Waals surface area contributed by atoms with Gasteiger partial charge in [0, 0.05) is 5.02 Å². The Bertz CT molecular complexity index is 722. The molecular formula is C16H20ClNO5S. The minimum Gasteiger partial charge on any atom is -0.369 e. The van der Waals surface area contributed by atoms with E-state index in [9.17, 15) is 13.2 Å². The first-order valence-electron chi connectivity index (χ1n) is 7.88. The number of nitrogens with one attached hydrogen (secondary N) is 1. The molecule has 1 amide bonds. The standard InChI is InChI=1S/C16H20ClNO5S/c1-11(12-4-2-5-13(17)8-12)24(20,21)18-15(19)14-9-23-16(10-22-14)6-3-7-16/h2,4-5,8,11,14H,3,6-7,9-10H2,1H3,(H,18,19). The molecule has 8 heteroatoms. The highest BCUT2D eigenvalue weighted by Crippen LogP contribution is 2.38. The number of hydrogen-bond acceptors (Lipinski definition) is 5. The molecule has 1 aromatic rings. The van der Waals surface area contributed by atoms with E-state index in [-0.39, 0.29) is 12.2 Å². The number of carbonyl (C=O) groups is 1. The van der Waals surface area contributed by atoms with Crippen LogP contribution in [0.4, 0.5) is 0 Å². The third-order valence-corrected chi connectivity index (χ3v) is 6.60. The molecule has 0 bridgehead atoms. The molecule has 132 valence electrons. The van der Waals surface area contributed by atoms with Crippen molar-refractivity contribution in [2.45, 2.75) is 43.1 Å². The molecule has 1 saturated carbocycles. The van der Waals surface area contributed by atoms with Gasteiger partial charge in [-0.1, -0.05) is 23.7 Å². The van der Waals surface area contributed by atoms with E-state index < -0.39 is 27.3 Å². The number of benzene rings is 1. The number of carbonyl (C=O) groups excluding carboxylic acids is 1. The van der Waals surface area contributed by atoms with Gasteiger partial charge >= 0.3 is 0 Å². The van der Waals surface area contributed by atoms with Crippen LogP contribution in [0, 0.1) is 0 Å². The third-order valence-electron chi connectivity index (χ3n) is 4.67. The second-order valence-corrected chi connectivity index (χ2v) is 8.79. The molecule has 2 aliphatic rings. The van der Waals surface area contributed by atoms with Crippen molar-refractivity contribution in [2.24, 2.45) is 0 Å². The summed E-state index contributed by atoms with van der Waals surface area (Å²) in [4.78, 5) is 12.2. The van der Waals surface area contributed by atoms with Crippen LogP contribution in [-0.4, -0.2) is 39.2 Å². The van der Waals surface area contributed by atoms with E-state index in [0.717, 1.165) is 19.3 Å². The minimum atomic E-state index is -3.89. The maximum absolute atomic E-state index is 12.4. The maximum Gasteiger partial charge on any atom is 0.264 e. The molecule has 2 atom stereocenters. The van der Waals surface area contributed by atoms with Gasteiger partial charge < -0.3 is 9.47 Å². The summed E-state index contributed by atoms with van der Waals surface area (Å²) in [6.07, 6.45) is 2.03. The second-order valence-electron chi connectivity index (χ2n) is 6.36. The predicted molar refractivity (Wildman–Crippen MR) is 89.2 cm³/mol. The van der Waals surface area contributed by atoms with Crippen molar-refractivity contribution in [1.82, 2.24) is 4.72 Å². The van der Waals surface area contributed by atoms with E-state index in [0.29, 0.717) is 17.2 Å². The number of amides is 1. The van der Waals surface area contributed by atoms with Crippen LogP contribution in [0.3, 0.4) is 0 Å². The molecule has 2 fully saturated rings. The summed E-state index contributed by atoms with van der Waals surface area (Å²) in [6, 6.07) is 6.55. The molecule has 1 aliphatic carbocycles. The summed E-state index contributed by atoms with van der Waals surface area (Å²) in [6.45, 7) is 1.91. The van der Waals surface area contributed by atoms with Crippen molar-refractivity contribution in [3.63, 3.8) is 0 Å². The van der Waals surface area contributed by atoms with Gasteiger partial charge in [0.1, 0.15) is 5.25 Å². The predicted octanol–water partition coefficient (Wildman–Crippen LogP) is 2.19. The van der Waals surface area contributed by atoms with E-state index in [2.05, 4.69) is 4.72 Å². The highest BCUT2D eigenvalue weighted by molar-refractivity contribution is 7.90. The number of rotatable bonds is 4. The molecular weight excluding hydrogens is 354 g/mol. The second kappa shape index (κ2) is 6.63. The Kier molecular flexibility index (Phi) is 4.88. The van der Waals surface area contributed by atoms with E-state index >= 15 is 0 Å². The highest BCUT2D eigenvalue weighted by Gasteiger charge is 2.44. The summed E-state index contributed by atoms with van der Waals surface area (Å²) < 4.78 is 38.2. The van der Waals surface area contributed by atoms with Crippen molar-refractivity contribution in [1.29, 1.82) is 0 Å². The number of halogens is 1. The summed E-state index contributed by atoms with van der Waals surface area (Å²) in [5.41, 5.74) is 0.251. The van der Waals surface area contributed by atoms with Gasteiger partial charge in [-0.15, -0.1) is 0 Å². The van der Waals surface area contributed by atoms with Gasteiger partial charge in [0.05, 0.1) is 18.8 Å². The lowest BCUT2D eigenvalue weighted by Crippen LogP contribution is -2.55. The molecule has 1 saturated heterocycles. The van der Waals surface area contributed by atoms with Crippen molar-refractivity contribution in [3.05, 3.63) is 34.9 Å². The molecule has 1 heterocycles. The lowest BCUT2D eigenvalue weighted by Gasteiger charge is -2.45. The smallest absolute Gasteiger partial charge is 0.264 e. The monoisotopic (exact) mass is 373 g/mol. The third kappa shape index (κ3) is 3.59. The summed E-state index contributed by atoms with van der Waals surface area (Å²) in [5.74, 6) is -0.696. The number of ether oxygens (including phenoxy) is 2. The van der Waals surface area contributed by atoms with Crippen molar-refractivity contribution < 1.29 is 22.7 Å². The topological polar surface area (TPSA) is 81.7 Å². The van der Waals surface area contributed by atoms with Crippen LogP contribution in [0.15, 0.2) is 24.3 Å². The van der Waals surface area contributed by atoms with Gasteiger partial charge in [0.15, 0.2) is 6.10 Å². The normalized spacial score (nSPS) is 24.2. The summed E-state index contributed by atoms with van der Waals surface area (Å²) in [7, 11) is -3.89. The summed E-state index contributed by atoms with van der Waals surface area (Å²) in [5, 5.41) is -0.474. The molecule has 0 aromatic heterocycles. The first-order chi connectivity index (χ1) is 11.3. The van der Waals surface area contributed by atoms with Gasteiger partial charge in [-0.3, -0.25) is 9.52 Å². The first-order valence-corrected chi connectivity index (χ1v) is 9.80. The fourth-order valence-electron chi connectivity index (χ4n) is 2.84. The van der Waals surface area contributed by atoms with E-state index in [1.54, 1.807) is 24.3 Å². The van der Waals surface area contributed by atoms with Crippen LogP contribution >= 0.6 is 11.6 Å². The SMILES string of the molecule is CC(c1cccc(Cl)c1)S(=O)(=O)NC(=O)C1COC2(CCC2)CO1. The molecule has 24 heavy (non-hydrogen) atoms. The number of sulfonamides is 1. The molecule has 1 N–H and O–H groups in total. The molecule has 3 rings (SSSR count). The van der Waals surface area contributed by atoms with Crippen molar-refractivity contribution in [3.8, 4) is 0 Å². The van der Waals surface area contributed by atoms with Crippen LogP contribution in [0.1, 0.15) is 37.0 Å². The van der Waals surface area contributed by atoms with E-state index in [1.807, 2.05) is 0 Å². The molecule has 2 unspecified atom stereocenters. The zero-order chi connectivity index (χ0) is 17.4. The molecule has 1 spiro atoms. The Morgan fingerprint density at radius 2 is 2.17 bits per heavy atom.